The van der Waals surface area contributed by atoms with Crippen LogP contribution in [0.3, 0.4) is 0 Å². The summed E-state index contributed by atoms with van der Waals surface area (Å²) in [6.07, 6.45) is 0. The quantitative estimate of drug-likeness (QED) is 0.524. The van der Waals surface area contributed by atoms with E-state index >= 15 is 0 Å². The fraction of sp³-hybridized carbons (Fsp3) is 0.267. The Balaban J connectivity index is 2.23. The van der Waals surface area contributed by atoms with Crippen molar-refractivity contribution in [2.24, 2.45) is 0 Å². The minimum absolute atomic E-state index is 0.0233. The Morgan fingerprint density at radius 2 is 2.32 bits per heavy atom. The summed E-state index contributed by atoms with van der Waals surface area (Å²) in [5.41, 5.74) is 0.935. The molecule has 0 amide bonds. The maximum atomic E-state index is 12.9. The van der Waals surface area contributed by atoms with Gasteiger partial charge >= 0.3 is 0 Å². The molecule has 0 saturated heterocycles. The fourth-order valence-corrected chi connectivity index (χ4v) is 4.83. The Labute approximate surface area is 140 Å². The third-order valence-corrected chi connectivity index (χ3v) is 5.98. The van der Waals surface area contributed by atoms with Crippen LogP contribution in [0.1, 0.15) is 13.8 Å². The van der Waals surface area contributed by atoms with Crippen molar-refractivity contribution >= 4 is 44.7 Å². The van der Waals surface area contributed by atoms with Crippen molar-refractivity contribution in [1.29, 1.82) is 5.26 Å². The van der Waals surface area contributed by atoms with Crippen molar-refractivity contribution in [2.45, 2.75) is 30.8 Å². The summed E-state index contributed by atoms with van der Waals surface area (Å²) < 4.78 is 1.66. The molecule has 3 rings (SSSR count). The van der Waals surface area contributed by atoms with Crippen LogP contribution in [0.2, 0.25) is 0 Å². The lowest BCUT2D eigenvalue weighted by Gasteiger charge is -2.10. The standard InChI is InChI=1S/C15H13N3OS3/c1-3-18-14(19)12-10(11-5-4-6-20-11)8-21-13(12)17-15(18)22-9(2)7-16/h4-6,8-9H,3H2,1-2H3/t9-/m1/s1. The van der Waals surface area contributed by atoms with Crippen LogP contribution in [0, 0.1) is 11.3 Å². The van der Waals surface area contributed by atoms with Crippen LogP contribution in [0.5, 0.6) is 0 Å². The summed E-state index contributed by atoms with van der Waals surface area (Å²) in [5.74, 6) is 0. The molecular formula is C15H13N3OS3. The Hall–Kier alpha value is -1.62. The normalized spacial score (nSPS) is 12.4. The van der Waals surface area contributed by atoms with Gasteiger partial charge in [-0.1, -0.05) is 17.8 Å². The van der Waals surface area contributed by atoms with Gasteiger partial charge in [-0.2, -0.15) is 5.26 Å². The summed E-state index contributed by atoms with van der Waals surface area (Å²) in [5, 5.41) is 14.1. The average Bonchev–Trinajstić information content (AvgIpc) is 3.16. The summed E-state index contributed by atoms with van der Waals surface area (Å²) in [4.78, 5) is 19.3. The van der Waals surface area contributed by atoms with Gasteiger partial charge in [0, 0.05) is 22.4 Å². The lowest BCUT2D eigenvalue weighted by Crippen LogP contribution is -2.22. The predicted molar refractivity (Wildman–Crippen MR) is 93.8 cm³/mol. The molecule has 0 N–H and O–H groups in total. The molecule has 0 aliphatic heterocycles. The van der Waals surface area contributed by atoms with Gasteiger partial charge in [0.1, 0.15) is 4.83 Å². The van der Waals surface area contributed by atoms with Crippen molar-refractivity contribution in [3.8, 4) is 16.5 Å². The number of nitrogens with zero attached hydrogens (tertiary/aromatic N) is 3. The van der Waals surface area contributed by atoms with E-state index in [2.05, 4.69) is 11.1 Å². The monoisotopic (exact) mass is 347 g/mol. The highest BCUT2D eigenvalue weighted by atomic mass is 32.2. The zero-order valence-corrected chi connectivity index (χ0v) is 14.5. The maximum absolute atomic E-state index is 12.9. The van der Waals surface area contributed by atoms with Gasteiger partial charge in [-0.15, -0.1) is 22.7 Å². The first kappa shape index (κ1) is 15.3. The Bertz CT molecular complexity index is 903. The fourth-order valence-electron chi connectivity index (χ4n) is 2.17. The smallest absolute Gasteiger partial charge is 0.263 e. The molecule has 0 aliphatic rings. The molecule has 3 heterocycles. The third kappa shape index (κ3) is 2.58. The van der Waals surface area contributed by atoms with Gasteiger partial charge in [0.25, 0.3) is 5.56 Å². The van der Waals surface area contributed by atoms with Gasteiger partial charge in [-0.05, 0) is 25.3 Å². The summed E-state index contributed by atoms with van der Waals surface area (Å²) in [6, 6.07) is 6.17. The van der Waals surface area contributed by atoms with E-state index in [0.29, 0.717) is 17.1 Å². The Morgan fingerprint density at radius 1 is 1.50 bits per heavy atom. The second-order valence-electron chi connectivity index (χ2n) is 4.64. The SMILES string of the molecule is CCn1c(S[C@H](C)C#N)nc2scc(-c3cccs3)c2c1=O. The molecule has 0 fully saturated rings. The van der Waals surface area contributed by atoms with Crippen LogP contribution in [0.15, 0.2) is 32.8 Å². The van der Waals surface area contributed by atoms with E-state index < -0.39 is 0 Å². The molecule has 112 valence electrons. The molecule has 0 unspecified atom stereocenters. The topological polar surface area (TPSA) is 58.7 Å². The molecule has 0 bridgehead atoms. The molecule has 0 aliphatic carbocycles. The van der Waals surface area contributed by atoms with Gasteiger partial charge in [0.2, 0.25) is 0 Å². The van der Waals surface area contributed by atoms with E-state index in [4.69, 9.17) is 5.26 Å². The highest BCUT2D eigenvalue weighted by Gasteiger charge is 2.18. The molecule has 4 nitrogen and oxygen atoms in total. The predicted octanol–water partition coefficient (Wildman–Crippen LogP) is 4.21. The lowest BCUT2D eigenvalue weighted by atomic mass is 10.2. The highest BCUT2D eigenvalue weighted by Crippen LogP contribution is 2.34. The van der Waals surface area contributed by atoms with Crippen molar-refractivity contribution in [2.75, 3.05) is 0 Å². The number of nitriles is 1. The van der Waals surface area contributed by atoms with E-state index in [9.17, 15) is 4.79 Å². The van der Waals surface area contributed by atoms with Crippen molar-refractivity contribution in [3.05, 3.63) is 33.2 Å². The lowest BCUT2D eigenvalue weighted by molar-refractivity contribution is 0.635. The van der Waals surface area contributed by atoms with Gasteiger partial charge in [0.15, 0.2) is 5.16 Å². The van der Waals surface area contributed by atoms with Crippen LogP contribution >= 0.6 is 34.4 Å². The van der Waals surface area contributed by atoms with E-state index in [1.54, 1.807) is 15.9 Å². The van der Waals surface area contributed by atoms with E-state index in [0.717, 1.165) is 15.3 Å². The average molecular weight is 347 g/mol. The van der Waals surface area contributed by atoms with E-state index in [1.807, 2.05) is 36.7 Å². The molecule has 0 aromatic carbocycles. The molecule has 0 radical (unpaired) electrons. The van der Waals surface area contributed by atoms with Crippen molar-refractivity contribution < 1.29 is 0 Å². The minimum Gasteiger partial charge on any atom is -0.287 e. The number of thioether (sulfide) groups is 1. The summed E-state index contributed by atoms with van der Waals surface area (Å²) >= 11 is 4.43. The molecule has 7 heteroatoms. The summed E-state index contributed by atoms with van der Waals surface area (Å²) in [7, 11) is 0. The maximum Gasteiger partial charge on any atom is 0.263 e. The van der Waals surface area contributed by atoms with E-state index in [-0.39, 0.29) is 10.8 Å². The zero-order valence-electron chi connectivity index (χ0n) is 12.1. The largest absolute Gasteiger partial charge is 0.287 e. The van der Waals surface area contributed by atoms with Crippen LogP contribution in [0.25, 0.3) is 20.7 Å². The number of hydrogen-bond acceptors (Lipinski definition) is 6. The van der Waals surface area contributed by atoms with Gasteiger partial charge < -0.3 is 0 Å². The van der Waals surface area contributed by atoms with Gasteiger partial charge in [-0.25, -0.2) is 4.98 Å². The molecule has 1 atom stereocenters. The second kappa shape index (κ2) is 6.24. The molecule has 0 spiro atoms. The van der Waals surface area contributed by atoms with Crippen LogP contribution < -0.4 is 5.56 Å². The Morgan fingerprint density at radius 3 is 2.95 bits per heavy atom. The first-order chi connectivity index (χ1) is 10.7. The zero-order chi connectivity index (χ0) is 15.7. The van der Waals surface area contributed by atoms with Crippen LogP contribution in [0.4, 0.5) is 0 Å². The van der Waals surface area contributed by atoms with Crippen molar-refractivity contribution in [3.63, 3.8) is 0 Å². The molecule has 22 heavy (non-hydrogen) atoms. The van der Waals surface area contributed by atoms with Gasteiger partial charge in [0.05, 0.1) is 16.7 Å². The molecule has 3 aromatic rings. The van der Waals surface area contributed by atoms with Gasteiger partial charge in [-0.3, -0.25) is 9.36 Å². The first-order valence-corrected chi connectivity index (χ1v) is 9.41. The minimum atomic E-state index is -0.237. The number of fused-ring (bicyclic) bond motifs is 1. The molecule has 0 saturated carbocycles. The van der Waals surface area contributed by atoms with E-state index in [1.165, 1.54) is 23.1 Å². The number of hydrogen-bond donors (Lipinski definition) is 0. The number of thiophene rings is 2. The number of aromatic nitrogens is 2. The van der Waals surface area contributed by atoms with Crippen LogP contribution in [-0.4, -0.2) is 14.8 Å². The summed E-state index contributed by atoms with van der Waals surface area (Å²) in [6.45, 7) is 4.28. The number of rotatable bonds is 4. The molecular weight excluding hydrogens is 334 g/mol. The van der Waals surface area contributed by atoms with Crippen molar-refractivity contribution in [1.82, 2.24) is 9.55 Å². The highest BCUT2D eigenvalue weighted by molar-refractivity contribution is 8.00. The Kier molecular flexibility index (Phi) is 4.34. The van der Waals surface area contributed by atoms with Crippen LogP contribution in [-0.2, 0) is 6.54 Å². The molecule has 3 aromatic heterocycles. The first-order valence-electron chi connectivity index (χ1n) is 6.78. The second-order valence-corrected chi connectivity index (χ2v) is 7.75. The third-order valence-electron chi connectivity index (χ3n) is 3.23.